The molecule has 2 saturated carbocycles. The Bertz CT molecular complexity index is 365. The fourth-order valence-electron chi connectivity index (χ4n) is 3.28. The monoisotopic (exact) mass is 283 g/mol. The lowest BCUT2D eigenvalue weighted by molar-refractivity contribution is -0.141. The van der Waals surface area contributed by atoms with E-state index in [1.54, 1.807) is 0 Å². The van der Waals surface area contributed by atoms with Crippen LogP contribution in [-0.2, 0) is 14.3 Å². The topological polar surface area (TPSA) is 75.6 Å². The second kappa shape index (κ2) is 6.57. The molecule has 2 N–H and O–H groups in total. The van der Waals surface area contributed by atoms with Crippen molar-refractivity contribution in [2.24, 2.45) is 5.92 Å². The molecule has 0 aromatic heterocycles. The summed E-state index contributed by atoms with van der Waals surface area (Å²) in [6.07, 6.45) is 7.27. The fourth-order valence-corrected chi connectivity index (χ4v) is 3.28. The quantitative estimate of drug-likeness (QED) is 0.782. The first-order valence-electron chi connectivity index (χ1n) is 7.65. The van der Waals surface area contributed by atoms with Gasteiger partial charge in [0.1, 0.15) is 6.61 Å². The molecule has 0 bridgehead atoms. The van der Waals surface area contributed by atoms with Gasteiger partial charge in [0, 0.05) is 0 Å². The van der Waals surface area contributed by atoms with Crippen LogP contribution in [0.4, 0.5) is 0 Å². The number of aliphatic carboxylic acids is 1. The van der Waals surface area contributed by atoms with E-state index in [9.17, 15) is 9.59 Å². The van der Waals surface area contributed by atoms with E-state index in [0.29, 0.717) is 5.92 Å². The Morgan fingerprint density at radius 2 is 1.95 bits per heavy atom. The van der Waals surface area contributed by atoms with E-state index in [1.165, 1.54) is 12.8 Å². The first-order valence-corrected chi connectivity index (χ1v) is 7.65. The molecule has 20 heavy (non-hydrogen) atoms. The van der Waals surface area contributed by atoms with Crippen LogP contribution in [0.5, 0.6) is 0 Å². The molecule has 0 radical (unpaired) electrons. The van der Waals surface area contributed by atoms with Gasteiger partial charge in [0.25, 0.3) is 0 Å². The van der Waals surface area contributed by atoms with Gasteiger partial charge in [-0.25, -0.2) is 0 Å². The minimum absolute atomic E-state index is 0.0125. The standard InChI is InChI=1S/C15H25NO4/c1-11-5-2-3-6-12(11)20-10-13(17)16-15(7-4-8-15)9-14(18)19/h11-12H,2-10H2,1H3,(H,16,17)(H,18,19). The van der Waals surface area contributed by atoms with Crippen LogP contribution in [0.15, 0.2) is 0 Å². The zero-order chi connectivity index (χ0) is 14.6. The molecule has 1 amide bonds. The predicted octanol–water partition coefficient (Wildman–Crippen LogP) is 2.10. The van der Waals surface area contributed by atoms with E-state index in [-0.39, 0.29) is 25.0 Å². The largest absolute Gasteiger partial charge is 0.481 e. The average molecular weight is 283 g/mol. The van der Waals surface area contributed by atoms with Crippen molar-refractivity contribution in [2.75, 3.05) is 6.61 Å². The molecule has 0 aliphatic heterocycles. The number of carboxylic acids is 1. The molecule has 2 aliphatic rings. The van der Waals surface area contributed by atoms with E-state index in [2.05, 4.69) is 12.2 Å². The van der Waals surface area contributed by atoms with E-state index in [0.717, 1.165) is 32.1 Å². The Balaban J connectivity index is 1.75. The zero-order valence-corrected chi connectivity index (χ0v) is 12.2. The molecule has 0 aromatic rings. The van der Waals surface area contributed by atoms with Crippen LogP contribution in [0, 0.1) is 5.92 Å². The number of hydrogen-bond acceptors (Lipinski definition) is 3. The van der Waals surface area contributed by atoms with Gasteiger partial charge >= 0.3 is 5.97 Å². The van der Waals surface area contributed by atoms with Gasteiger partial charge in [-0.3, -0.25) is 9.59 Å². The van der Waals surface area contributed by atoms with Crippen LogP contribution in [0.25, 0.3) is 0 Å². The Hall–Kier alpha value is -1.10. The minimum atomic E-state index is -0.855. The lowest BCUT2D eigenvalue weighted by Gasteiger charge is -2.41. The molecule has 5 nitrogen and oxygen atoms in total. The number of carbonyl (C=O) groups is 2. The fraction of sp³-hybridized carbons (Fsp3) is 0.867. The highest BCUT2D eigenvalue weighted by Crippen LogP contribution is 2.35. The molecule has 5 heteroatoms. The maximum Gasteiger partial charge on any atom is 0.305 e. The Morgan fingerprint density at radius 3 is 2.50 bits per heavy atom. The van der Waals surface area contributed by atoms with Crippen LogP contribution >= 0.6 is 0 Å². The molecule has 2 unspecified atom stereocenters. The number of nitrogens with one attached hydrogen (secondary N) is 1. The van der Waals surface area contributed by atoms with Crippen molar-refractivity contribution in [3.63, 3.8) is 0 Å². The van der Waals surface area contributed by atoms with Crippen molar-refractivity contribution >= 4 is 11.9 Å². The van der Waals surface area contributed by atoms with Crippen LogP contribution in [0.1, 0.15) is 58.3 Å². The van der Waals surface area contributed by atoms with Crippen LogP contribution in [0.3, 0.4) is 0 Å². The predicted molar refractivity (Wildman–Crippen MR) is 74.3 cm³/mol. The van der Waals surface area contributed by atoms with Crippen molar-refractivity contribution < 1.29 is 19.4 Å². The van der Waals surface area contributed by atoms with Crippen molar-refractivity contribution in [1.82, 2.24) is 5.32 Å². The molecule has 2 atom stereocenters. The number of carbonyl (C=O) groups excluding carboxylic acids is 1. The summed E-state index contributed by atoms with van der Waals surface area (Å²) >= 11 is 0. The summed E-state index contributed by atoms with van der Waals surface area (Å²) in [6, 6.07) is 0. The van der Waals surface area contributed by atoms with E-state index in [4.69, 9.17) is 9.84 Å². The van der Waals surface area contributed by atoms with Gasteiger partial charge in [-0.05, 0) is 38.0 Å². The third kappa shape index (κ3) is 3.95. The molecular weight excluding hydrogens is 258 g/mol. The summed E-state index contributed by atoms with van der Waals surface area (Å²) in [5, 5.41) is 11.8. The number of ether oxygens (including phenoxy) is 1. The van der Waals surface area contributed by atoms with Crippen molar-refractivity contribution in [1.29, 1.82) is 0 Å². The summed E-state index contributed by atoms with van der Waals surface area (Å²) in [5.74, 6) is -0.524. The van der Waals surface area contributed by atoms with Gasteiger partial charge in [0.15, 0.2) is 0 Å². The van der Waals surface area contributed by atoms with Crippen molar-refractivity contribution in [2.45, 2.75) is 69.9 Å². The Morgan fingerprint density at radius 1 is 1.25 bits per heavy atom. The highest BCUT2D eigenvalue weighted by Gasteiger charge is 2.40. The van der Waals surface area contributed by atoms with Crippen molar-refractivity contribution in [3.05, 3.63) is 0 Å². The number of carboxylic acid groups (broad SMARTS) is 1. The molecule has 2 aliphatic carbocycles. The number of rotatable bonds is 6. The lowest BCUT2D eigenvalue weighted by atomic mass is 9.74. The second-order valence-electron chi connectivity index (χ2n) is 6.36. The summed E-state index contributed by atoms with van der Waals surface area (Å²) in [5.41, 5.74) is -0.523. The van der Waals surface area contributed by atoms with Gasteiger partial charge in [-0.1, -0.05) is 19.8 Å². The zero-order valence-electron chi connectivity index (χ0n) is 12.2. The number of hydrogen-bond donors (Lipinski definition) is 2. The average Bonchev–Trinajstić information content (AvgIpc) is 2.34. The summed E-state index contributed by atoms with van der Waals surface area (Å²) in [4.78, 5) is 22.8. The van der Waals surface area contributed by atoms with E-state index in [1.807, 2.05) is 0 Å². The third-order valence-corrected chi connectivity index (χ3v) is 4.67. The van der Waals surface area contributed by atoms with Gasteiger partial charge in [-0.2, -0.15) is 0 Å². The molecule has 114 valence electrons. The first kappa shape index (κ1) is 15.3. The van der Waals surface area contributed by atoms with Gasteiger partial charge in [0.05, 0.1) is 18.1 Å². The normalized spacial score (nSPS) is 28.4. The molecule has 0 spiro atoms. The van der Waals surface area contributed by atoms with Crippen molar-refractivity contribution in [3.8, 4) is 0 Å². The molecule has 2 fully saturated rings. The number of amides is 1. The first-order chi connectivity index (χ1) is 9.51. The lowest BCUT2D eigenvalue weighted by Crippen LogP contribution is -2.55. The highest BCUT2D eigenvalue weighted by atomic mass is 16.5. The minimum Gasteiger partial charge on any atom is -0.481 e. The molecular formula is C15H25NO4. The van der Waals surface area contributed by atoms with Crippen LogP contribution in [-0.4, -0.2) is 35.2 Å². The summed E-state index contributed by atoms with van der Waals surface area (Å²) in [7, 11) is 0. The van der Waals surface area contributed by atoms with E-state index >= 15 is 0 Å². The third-order valence-electron chi connectivity index (χ3n) is 4.67. The maximum atomic E-state index is 12.0. The van der Waals surface area contributed by atoms with E-state index < -0.39 is 11.5 Å². The summed E-state index contributed by atoms with van der Waals surface area (Å²) < 4.78 is 5.72. The van der Waals surface area contributed by atoms with Gasteiger partial charge in [0.2, 0.25) is 5.91 Å². The molecule has 0 heterocycles. The second-order valence-corrected chi connectivity index (χ2v) is 6.36. The van der Waals surface area contributed by atoms with Crippen LogP contribution in [0.2, 0.25) is 0 Å². The van der Waals surface area contributed by atoms with Crippen LogP contribution < -0.4 is 5.32 Å². The molecule has 0 saturated heterocycles. The SMILES string of the molecule is CC1CCCCC1OCC(=O)NC1(CC(=O)O)CCC1. The highest BCUT2D eigenvalue weighted by molar-refractivity contribution is 5.79. The molecule has 0 aromatic carbocycles. The van der Waals surface area contributed by atoms with Gasteiger partial charge in [-0.15, -0.1) is 0 Å². The van der Waals surface area contributed by atoms with Gasteiger partial charge < -0.3 is 15.2 Å². The Kier molecular flexibility index (Phi) is 5.02. The maximum absolute atomic E-state index is 12.0. The Labute approximate surface area is 120 Å². The summed E-state index contributed by atoms with van der Waals surface area (Å²) in [6.45, 7) is 2.22. The molecule has 2 rings (SSSR count). The smallest absolute Gasteiger partial charge is 0.305 e.